The molecule has 19 heavy (non-hydrogen) atoms. The maximum absolute atomic E-state index is 12.4. The van der Waals surface area contributed by atoms with Crippen LogP contribution in [-0.4, -0.2) is 18.2 Å². The van der Waals surface area contributed by atoms with Crippen molar-refractivity contribution < 1.29 is 12.9 Å². The molecule has 3 nitrogen and oxygen atoms in total. The molecule has 8 heteroatoms. The van der Waals surface area contributed by atoms with Crippen molar-refractivity contribution in [3.8, 4) is 0 Å². The van der Waals surface area contributed by atoms with E-state index in [1.807, 2.05) is 12.3 Å². The van der Waals surface area contributed by atoms with Gasteiger partial charge >= 0.3 is 6.98 Å². The lowest BCUT2D eigenvalue weighted by Gasteiger charge is -2.14. The van der Waals surface area contributed by atoms with E-state index in [2.05, 4.69) is 15.5 Å². The third-order valence-electron chi connectivity index (χ3n) is 2.31. The molecule has 0 aliphatic heterocycles. The van der Waals surface area contributed by atoms with E-state index >= 15 is 0 Å². The molecule has 0 atom stereocenters. The predicted molar refractivity (Wildman–Crippen MR) is 73.2 cm³/mol. The van der Waals surface area contributed by atoms with Crippen LogP contribution in [0, 0.1) is 6.92 Å². The van der Waals surface area contributed by atoms with Crippen molar-refractivity contribution in [2.24, 2.45) is 5.10 Å². The zero-order valence-electron chi connectivity index (χ0n) is 9.98. The highest BCUT2D eigenvalue weighted by atomic mass is 32.1. The molecule has 2 rings (SSSR count). The number of hydrazone groups is 1. The predicted octanol–water partition coefficient (Wildman–Crippen LogP) is 2.95. The third-order valence-corrected chi connectivity index (χ3v) is 3.17. The van der Waals surface area contributed by atoms with Gasteiger partial charge < -0.3 is 12.9 Å². The number of rotatable bonds is 4. The fourth-order valence-corrected chi connectivity index (χ4v) is 2.00. The zero-order chi connectivity index (χ0) is 13.9. The lowest BCUT2D eigenvalue weighted by molar-refractivity contribution is 0.501. The zero-order valence-corrected chi connectivity index (χ0v) is 10.8. The summed E-state index contributed by atoms with van der Waals surface area (Å²) in [4.78, 5) is 4.14. The standard InChI is InChI=1S/C11H10BF3N3S/c1-8-7-19-11(17-8)18-16-6-9-2-4-10(5-3-9)12(13,14)15/h2-7H,1H3,(H,17,18)/q-1. The van der Waals surface area contributed by atoms with Gasteiger partial charge in [0.1, 0.15) is 0 Å². The van der Waals surface area contributed by atoms with Crippen LogP contribution in [0.3, 0.4) is 0 Å². The molecular formula is C11H10BF3N3S-. The van der Waals surface area contributed by atoms with Crippen LogP contribution in [0.2, 0.25) is 0 Å². The molecule has 0 radical (unpaired) electrons. The number of hydrogen-bond donors (Lipinski definition) is 1. The molecule has 100 valence electrons. The molecule has 0 unspecified atom stereocenters. The van der Waals surface area contributed by atoms with E-state index in [9.17, 15) is 12.9 Å². The lowest BCUT2D eigenvalue weighted by Crippen LogP contribution is -2.33. The van der Waals surface area contributed by atoms with Crippen LogP contribution in [0.1, 0.15) is 11.3 Å². The molecule has 0 amide bonds. The van der Waals surface area contributed by atoms with Crippen LogP contribution in [0.25, 0.3) is 0 Å². The summed E-state index contributed by atoms with van der Waals surface area (Å²) >= 11 is 1.41. The van der Waals surface area contributed by atoms with Gasteiger partial charge in [-0.3, -0.25) is 5.43 Å². The van der Waals surface area contributed by atoms with Gasteiger partial charge in [0, 0.05) is 5.38 Å². The van der Waals surface area contributed by atoms with Gasteiger partial charge in [-0.1, -0.05) is 24.3 Å². The first kappa shape index (κ1) is 13.6. The van der Waals surface area contributed by atoms with Crippen molar-refractivity contribution in [2.45, 2.75) is 6.92 Å². The summed E-state index contributed by atoms with van der Waals surface area (Å²) in [6.45, 7) is -3.08. The van der Waals surface area contributed by atoms with Crippen LogP contribution in [0.4, 0.5) is 18.1 Å². The summed E-state index contributed by atoms with van der Waals surface area (Å²) in [7, 11) is 0. The lowest BCUT2D eigenvalue weighted by atomic mass is 9.80. The second-order valence-corrected chi connectivity index (χ2v) is 4.76. The number of aromatic nitrogens is 1. The highest BCUT2D eigenvalue weighted by Crippen LogP contribution is 2.14. The van der Waals surface area contributed by atoms with Gasteiger partial charge in [-0.25, -0.2) is 4.98 Å². The Morgan fingerprint density at radius 3 is 2.47 bits per heavy atom. The van der Waals surface area contributed by atoms with Gasteiger partial charge in [-0.2, -0.15) is 5.10 Å². The van der Waals surface area contributed by atoms with Crippen LogP contribution < -0.4 is 10.9 Å². The Bertz CT molecular complexity index is 578. The first-order valence-electron chi connectivity index (χ1n) is 5.46. The first-order valence-corrected chi connectivity index (χ1v) is 6.34. The van der Waals surface area contributed by atoms with Gasteiger partial charge in [-0.15, -0.1) is 16.8 Å². The molecule has 1 aromatic heterocycles. The van der Waals surface area contributed by atoms with E-state index in [1.165, 1.54) is 29.7 Å². The minimum Gasteiger partial charge on any atom is -0.445 e. The van der Waals surface area contributed by atoms with Crippen LogP contribution in [0.5, 0.6) is 0 Å². The topological polar surface area (TPSA) is 37.3 Å². The Hall–Kier alpha value is -1.83. The van der Waals surface area contributed by atoms with Crippen molar-refractivity contribution in [3.05, 3.63) is 40.9 Å². The summed E-state index contributed by atoms with van der Waals surface area (Å²) in [6, 6.07) is 4.86. The summed E-state index contributed by atoms with van der Waals surface area (Å²) in [5.41, 5.74) is 3.58. The fraction of sp³-hybridized carbons (Fsp3) is 0.0909. The van der Waals surface area contributed by atoms with E-state index in [1.54, 1.807) is 0 Å². The van der Waals surface area contributed by atoms with Crippen LogP contribution in [0.15, 0.2) is 34.7 Å². The van der Waals surface area contributed by atoms with Crippen molar-refractivity contribution in [1.29, 1.82) is 0 Å². The highest BCUT2D eigenvalue weighted by Gasteiger charge is 2.24. The number of halogens is 3. The van der Waals surface area contributed by atoms with E-state index in [-0.39, 0.29) is 0 Å². The summed E-state index contributed by atoms with van der Waals surface area (Å²) in [6.07, 6.45) is 1.45. The Morgan fingerprint density at radius 2 is 1.95 bits per heavy atom. The Morgan fingerprint density at radius 1 is 1.26 bits per heavy atom. The number of aryl methyl sites for hydroxylation is 1. The van der Waals surface area contributed by atoms with Crippen LogP contribution >= 0.6 is 11.3 Å². The summed E-state index contributed by atoms with van der Waals surface area (Å²) in [5, 5.41) is 6.43. The van der Waals surface area contributed by atoms with Gasteiger partial charge in [0.05, 0.1) is 11.9 Å². The monoisotopic (exact) mass is 284 g/mol. The largest absolute Gasteiger partial charge is 0.509 e. The number of nitrogens with zero attached hydrogens (tertiary/aromatic N) is 2. The molecule has 0 saturated heterocycles. The van der Waals surface area contributed by atoms with Crippen molar-refractivity contribution >= 4 is 35.1 Å². The number of anilines is 1. The highest BCUT2D eigenvalue weighted by molar-refractivity contribution is 7.13. The molecule has 0 bridgehead atoms. The van der Waals surface area contributed by atoms with E-state index in [0.717, 1.165) is 17.8 Å². The van der Waals surface area contributed by atoms with E-state index in [4.69, 9.17) is 0 Å². The van der Waals surface area contributed by atoms with Gasteiger partial charge in [0.2, 0.25) is 5.13 Å². The molecule has 1 aromatic carbocycles. The Kier molecular flexibility index (Phi) is 3.89. The van der Waals surface area contributed by atoms with Gasteiger partial charge in [0.15, 0.2) is 0 Å². The second kappa shape index (κ2) is 5.44. The molecular weight excluding hydrogens is 274 g/mol. The van der Waals surface area contributed by atoms with E-state index < -0.39 is 12.4 Å². The van der Waals surface area contributed by atoms with Gasteiger partial charge in [-0.05, 0) is 12.5 Å². The average Bonchev–Trinajstić information content (AvgIpc) is 2.75. The minimum atomic E-state index is -4.94. The minimum absolute atomic E-state index is 0.588. The number of thiazole rings is 1. The van der Waals surface area contributed by atoms with E-state index in [0.29, 0.717) is 10.7 Å². The smallest absolute Gasteiger partial charge is 0.445 e. The normalized spacial score (nSPS) is 12.0. The maximum atomic E-state index is 12.4. The molecule has 0 saturated carbocycles. The molecule has 0 aliphatic carbocycles. The van der Waals surface area contributed by atoms with Crippen LogP contribution in [-0.2, 0) is 0 Å². The van der Waals surface area contributed by atoms with Crippen molar-refractivity contribution in [1.82, 2.24) is 4.98 Å². The SMILES string of the molecule is Cc1csc(NN=Cc2ccc([B-](F)(F)F)cc2)n1. The summed E-state index contributed by atoms with van der Waals surface area (Å²) in [5.74, 6) is 0. The Balaban J connectivity index is 1.99. The molecule has 1 heterocycles. The Labute approximate surface area is 112 Å². The molecule has 1 N–H and O–H groups in total. The van der Waals surface area contributed by atoms with Gasteiger partial charge in [0.25, 0.3) is 0 Å². The molecule has 0 spiro atoms. The first-order chi connectivity index (χ1) is 8.95. The fourth-order valence-electron chi connectivity index (χ4n) is 1.37. The molecule has 0 fully saturated rings. The average molecular weight is 284 g/mol. The quantitative estimate of drug-likeness (QED) is 0.532. The second-order valence-electron chi connectivity index (χ2n) is 3.91. The van der Waals surface area contributed by atoms with Crippen molar-refractivity contribution in [2.75, 3.05) is 5.43 Å². The molecule has 2 aromatic rings. The number of hydrogen-bond acceptors (Lipinski definition) is 4. The number of nitrogens with one attached hydrogen (secondary N) is 1. The maximum Gasteiger partial charge on any atom is 0.509 e. The molecule has 0 aliphatic rings. The summed E-state index contributed by atoms with van der Waals surface area (Å²) < 4.78 is 37.2. The van der Waals surface area contributed by atoms with Crippen molar-refractivity contribution in [3.63, 3.8) is 0 Å². The third kappa shape index (κ3) is 3.82. The number of benzene rings is 1.